The van der Waals surface area contributed by atoms with E-state index in [9.17, 15) is 0 Å². The van der Waals surface area contributed by atoms with Gasteiger partial charge in [-0.25, -0.2) is 0 Å². The van der Waals surface area contributed by atoms with E-state index in [0.717, 1.165) is 150 Å². The second-order valence-corrected chi connectivity index (χ2v) is 17.3. The van der Waals surface area contributed by atoms with Crippen LogP contribution in [0.5, 0.6) is 69.0 Å². The molecule has 0 saturated carbocycles. The van der Waals surface area contributed by atoms with E-state index in [0.29, 0.717) is 0 Å². The highest BCUT2D eigenvalue weighted by molar-refractivity contribution is 7.00. The number of rotatable bonds is 0. The fourth-order valence-corrected chi connectivity index (χ4v) is 11.7. The minimum Gasteiger partial charge on any atom is -0.458 e. The molecule has 6 aliphatic rings. The van der Waals surface area contributed by atoms with Crippen molar-refractivity contribution in [2.75, 3.05) is 0 Å². The summed E-state index contributed by atoms with van der Waals surface area (Å²) in [5.74, 6) is 9.94. The lowest BCUT2D eigenvalue weighted by Crippen LogP contribution is -2.57. The molecule has 10 aromatic rings. The number of hydrogen-bond donors (Lipinski definition) is 0. The molecule has 63 heavy (non-hydrogen) atoms. The molecule has 0 unspecified atom stereocenters. The first kappa shape index (κ1) is 32.7. The molecule has 0 N–H and O–H groups in total. The Balaban J connectivity index is 1.05. The topological polar surface area (TPSA) is 55.4 Å². The Morgan fingerprint density at radius 2 is 0.587 bits per heavy atom. The largest absolute Gasteiger partial charge is 0.458 e. The van der Waals surface area contributed by atoms with E-state index in [1.165, 1.54) is 0 Å². The van der Waals surface area contributed by atoms with Crippen LogP contribution in [-0.2, 0) is 0 Å². The van der Waals surface area contributed by atoms with Crippen LogP contribution < -0.4 is 77.6 Å². The molecule has 10 aromatic carbocycles. The molecule has 288 valence electrons. The van der Waals surface area contributed by atoms with Gasteiger partial charge in [-0.15, -0.1) is 0 Å². The molecule has 6 heterocycles. The second kappa shape index (κ2) is 11.5. The predicted molar refractivity (Wildman–Crippen MR) is 252 cm³/mol. The molecule has 16 rings (SSSR count). The third-order valence-electron chi connectivity index (χ3n) is 14.2. The summed E-state index contributed by atoms with van der Waals surface area (Å²) in [6, 6.07) is 57.3. The van der Waals surface area contributed by atoms with E-state index in [2.05, 4.69) is 109 Å². The molecular formula is C54H27B3O6. The Morgan fingerprint density at radius 3 is 1.03 bits per heavy atom. The maximum atomic E-state index is 7.23. The van der Waals surface area contributed by atoms with Gasteiger partial charge in [0.15, 0.2) is 0 Å². The molecule has 0 aliphatic carbocycles. The van der Waals surface area contributed by atoms with Crippen molar-refractivity contribution in [2.24, 2.45) is 0 Å². The molecule has 6 aliphatic heterocycles. The van der Waals surface area contributed by atoms with Gasteiger partial charge in [0.25, 0.3) is 20.1 Å². The van der Waals surface area contributed by atoms with Gasteiger partial charge in [-0.2, -0.15) is 0 Å². The van der Waals surface area contributed by atoms with Crippen LogP contribution in [0.3, 0.4) is 0 Å². The van der Waals surface area contributed by atoms with Crippen LogP contribution in [0.15, 0.2) is 164 Å². The number of fused-ring (bicyclic) bond motifs is 20. The highest BCUT2D eigenvalue weighted by atomic mass is 16.5. The Labute approximate surface area is 361 Å². The summed E-state index contributed by atoms with van der Waals surface area (Å²) in [6.07, 6.45) is 0. The standard InChI is InChI=1S/C54H27B3O6/c1-4-13-38-32(10-1)55-35-24-22-28-29-23-25-36-54(63-46-21-9-18-43-52(46)56(36)33-11-2-5-14-39(33)59-43)49(29)31-27-47-37(26-30(31)48(28)53(35)62-45-20-8-17-42(58-38)51(45)55)57-34-12-3-6-15-40(34)60-41-16-7-19-44(61-47)50(41)57/h1-27H. The van der Waals surface area contributed by atoms with Gasteiger partial charge in [0.05, 0.1) is 0 Å². The van der Waals surface area contributed by atoms with Crippen molar-refractivity contribution in [1.29, 1.82) is 0 Å². The molecule has 0 aromatic heterocycles. The van der Waals surface area contributed by atoms with Crippen LogP contribution in [0.2, 0.25) is 0 Å². The average molecular weight is 804 g/mol. The molecule has 9 heteroatoms. The van der Waals surface area contributed by atoms with Crippen LogP contribution in [0, 0.1) is 0 Å². The van der Waals surface area contributed by atoms with Crippen LogP contribution in [0.1, 0.15) is 0 Å². The first-order valence-corrected chi connectivity index (χ1v) is 21.5. The zero-order chi connectivity index (χ0) is 40.7. The Morgan fingerprint density at radius 1 is 0.238 bits per heavy atom. The predicted octanol–water partition coefficient (Wildman–Crippen LogP) is 7.33. The van der Waals surface area contributed by atoms with Crippen molar-refractivity contribution in [2.45, 2.75) is 0 Å². The first-order valence-electron chi connectivity index (χ1n) is 21.5. The minimum atomic E-state index is -0.115. The molecule has 6 nitrogen and oxygen atoms in total. The van der Waals surface area contributed by atoms with Crippen LogP contribution in [0.4, 0.5) is 0 Å². The lowest BCUT2D eigenvalue weighted by molar-refractivity contribution is 0.464. The van der Waals surface area contributed by atoms with Crippen molar-refractivity contribution >= 4 is 102 Å². The summed E-state index contributed by atoms with van der Waals surface area (Å²) in [6.45, 7) is -0.274. The zero-order valence-corrected chi connectivity index (χ0v) is 33.3. The normalized spacial score (nSPS) is 14.4. The minimum absolute atomic E-state index is 0.0795. The highest BCUT2D eigenvalue weighted by Crippen LogP contribution is 2.48. The maximum absolute atomic E-state index is 7.23. The van der Waals surface area contributed by atoms with E-state index in [-0.39, 0.29) is 20.1 Å². The SMILES string of the molecule is c1ccc2c(c1)Oc1cccc3c1B2c1cc2c(cc1O3)c1c3c(ccc1c1ccc4c(c12)Oc1cccc2c1B4c1ccccc1O2)B1c2ccccc2Oc2cccc(c21)O3. The van der Waals surface area contributed by atoms with Crippen molar-refractivity contribution in [3.05, 3.63) is 164 Å². The smallest absolute Gasteiger partial charge is 0.260 e. The van der Waals surface area contributed by atoms with Gasteiger partial charge in [0.2, 0.25) is 0 Å². The molecule has 0 spiro atoms. The first-order chi connectivity index (χ1) is 31.2. The molecule has 0 amide bonds. The average Bonchev–Trinajstić information content (AvgIpc) is 3.33. The molecular weight excluding hydrogens is 777 g/mol. The molecule has 0 saturated heterocycles. The summed E-state index contributed by atoms with van der Waals surface area (Å²) in [5.41, 5.74) is 9.77. The third kappa shape index (κ3) is 4.08. The summed E-state index contributed by atoms with van der Waals surface area (Å²) in [4.78, 5) is 0. The number of para-hydroxylation sites is 3. The van der Waals surface area contributed by atoms with Gasteiger partial charge in [0.1, 0.15) is 69.0 Å². The summed E-state index contributed by atoms with van der Waals surface area (Å²) in [5, 5.41) is 6.32. The van der Waals surface area contributed by atoms with Crippen molar-refractivity contribution < 1.29 is 28.4 Å². The van der Waals surface area contributed by atoms with E-state index >= 15 is 0 Å². The summed E-state index contributed by atoms with van der Waals surface area (Å²) < 4.78 is 41.0. The molecule has 0 radical (unpaired) electrons. The lowest BCUT2D eigenvalue weighted by atomic mass is 9.34. The lowest BCUT2D eigenvalue weighted by Gasteiger charge is -2.35. The third-order valence-corrected chi connectivity index (χ3v) is 14.2. The van der Waals surface area contributed by atoms with Gasteiger partial charge >= 0.3 is 0 Å². The van der Waals surface area contributed by atoms with Gasteiger partial charge in [-0.05, 0) is 115 Å². The molecule has 0 atom stereocenters. The Kier molecular flexibility index (Phi) is 5.95. The molecule has 0 fully saturated rings. The number of hydrogen-bond acceptors (Lipinski definition) is 6. The fourth-order valence-electron chi connectivity index (χ4n) is 11.7. The van der Waals surface area contributed by atoms with Crippen LogP contribution in [-0.4, -0.2) is 20.1 Å². The molecule has 0 bridgehead atoms. The zero-order valence-electron chi connectivity index (χ0n) is 33.3. The van der Waals surface area contributed by atoms with Crippen LogP contribution >= 0.6 is 0 Å². The van der Waals surface area contributed by atoms with E-state index in [4.69, 9.17) is 28.4 Å². The maximum Gasteiger partial charge on any atom is 0.260 e. The summed E-state index contributed by atoms with van der Waals surface area (Å²) >= 11 is 0. The van der Waals surface area contributed by atoms with Gasteiger partial charge < -0.3 is 28.4 Å². The second-order valence-electron chi connectivity index (χ2n) is 17.3. The number of ether oxygens (including phenoxy) is 6. The van der Waals surface area contributed by atoms with Gasteiger partial charge in [-0.3, -0.25) is 0 Å². The van der Waals surface area contributed by atoms with Gasteiger partial charge in [-0.1, -0.05) is 103 Å². The number of benzene rings is 10. The van der Waals surface area contributed by atoms with Crippen molar-refractivity contribution in [1.82, 2.24) is 0 Å². The quantitative estimate of drug-likeness (QED) is 0.118. The Bertz CT molecular complexity index is 3810. The van der Waals surface area contributed by atoms with E-state index in [1.54, 1.807) is 0 Å². The highest BCUT2D eigenvalue weighted by Gasteiger charge is 2.45. The van der Waals surface area contributed by atoms with E-state index in [1.807, 2.05) is 54.6 Å². The van der Waals surface area contributed by atoms with E-state index < -0.39 is 0 Å². The van der Waals surface area contributed by atoms with Crippen molar-refractivity contribution in [3.63, 3.8) is 0 Å². The van der Waals surface area contributed by atoms with Gasteiger partial charge in [0, 0.05) is 27.2 Å². The summed E-state index contributed by atoms with van der Waals surface area (Å²) in [7, 11) is 0. The van der Waals surface area contributed by atoms with Crippen LogP contribution in [0.25, 0.3) is 32.3 Å². The fraction of sp³-hybridized carbons (Fsp3) is 0. The Hall–Kier alpha value is -8.03. The van der Waals surface area contributed by atoms with Crippen molar-refractivity contribution in [3.8, 4) is 69.0 Å². The monoisotopic (exact) mass is 804 g/mol.